The van der Waals surface area contributed by atoms with Gasteiger partial charge in [-0.3, -0.25) is 4.57 Å². The van der Waals surface area contributed by atoms with Crippen molar-refractivity contribution in [1.29, 1.82) is 0 Å². The second-order valence-corrected chi connectivity index (χ2v) is 19.5. The predicted octanol–water partition coefficient (Wildman–Crippen LogP) is 14.8. The van der Waals surface area contributed by atoms with Crippen LogP contribution in [0.2, 0.25) is 0 Å². The summed E-state index contributed by atoms with van der Waals surface area (Å²) in [5.41, 5.74) is 11.5. The Morgan fingerprint density at radius 2 is 0.889 bits per heavy atom. The maximum Gasteiger partial charge on any atom is 0.167 e. The number of aromatic nitrogens is 5. The first-order valence-electron chi connectivity index (χ1n) is 22.6. The fourth-order valence-electron chi connectivity index (χ4n) is 9.92. The second kappa shape index (κ2) is 16.2. The Labute approximate surface area is 372 Å². The van der Waals surface area contributed by atoms with Crippen molar-refractivity contribution in [3.05, 3.63) is 198 Å². The third-order valence-electron chi connectivity index (χ3n) is 13.3. The number of fused-ring (bicyclic) bond motifs is 3. The van der Waals surface area contributed by atoms with Gasteiger partial charge in [-0.05, 0) is 99.6 Å². The van der Waals surface area contributed by atoms with Gasteiger partial charge in [-0.15, -0.1) is 0 Å². The van der Waals surface area contributed by atoms with Crippen LogP contribution in [-0.4, -0.2) is 24.5 Å². The van der Waals surface area contributed by atoms with Crippen LogP contribution in [0.15, 0.2) is 170 Å². The number of hydrogen-bond donors (Lipinski definition) is 0. The van der Waals surface area contributed by atoms with Crippen LogP contribution in [0.5, 0.6) is 0 Å². The molecule has 0 saturated heterocycles. The zero-order chi connectivity index (χ0) is 43.3. The third-order valence-corrected chi connectivity index (χ3v) is 13.3. The lowest BCUT2D eigenvalue weighted by atomic mass is 9.65. The first-order chi connectivity index (χ1) is 30.5. The van der Waals surface area contributed by atoms with Crippen molar-refractivity contribution in [1.82, 2.24) is 24.5 Å². The molecule has 6 aromatic carbocycles. The lowest BCUT2D eigenvalue weighted by Crippen LogP contribution is -2.24. The van der Waals surface area contributed by atoms with E-state index in [1.807, 2.05) is 36.4 Å². The minimum absolute atomic E-state index is 0.0214. The summed E-state index contributed by atoms with van der Waals surface area (Å²) in [6.45, 7) is 13.7. The van der Waals surface area contributed by atoms with Crippen LogP contribution < -0.4 is 0 Å². The molecule has 0 N–H and O–H groups in total. The summed E-state index contributed by atoms with van der Waals surface area (Å²) in [6.07, 6.45) is 5.55. The number of benzene rings is 6. The van der Waals surface area contributed by atoms with E-state index in [2.05, 4.69) is 180 Å². The zero-order valence-corrected chi connectivity index (χ0v) is 37.3. The fourth-order valence-corrected chi connectivity index (χ4v) is 9.92. The Hall–Kier alpha value is -6.72. The Morgan fingerprint density at radius 3 is 1.33 bits per heavy atom. The molecule has 63 heavy (non-hydrogen) atoms. The molecule has 3 aromatic heterocycles. The van der Waals surface area contributed by atoms with E-state index in [0.29, 0.717) is 29.3 Å². The van der Waals surface area contributed by atoms with Gasteiger partial charge in [-0.25, -0.2) is 19.9 Å². The quantitative estimate of drug-likeness (QED) is 0.161. The lowest BCUT2D eigenvalue weighted by molar-refractivity contribution is 0.338. The number of rotatable bonds is 7. The summed E-state index contributed by atoms with van der Waals surface area (Å²) in [6, 6.07) is 59.1. The van der Waals surface area contributed by atoms with Gasteiger partial charge in [0.15, 0.2) is 17.5 Å². The average Bonchev–Trinajstić information content (AvgIpc) is 3.64. The van der Waals surface area contributed by atoms with E-state index in [9.17, 15) is 0 Å². The largest absolute Gasteiger partial charge is 0.293 e. The van der Waals surface area contributed by atoms with Gasteiger partial charge in [-0.1, -0.05) is 181 Å². The van der Waals surface area contributed by atoms with E-state index in [0.717, 1.165) is 52.8 Å². The maximum atomic E-state index is 5.64. The Kier molecular flexibility index (Phi) is 10.4. The molecule has 0 spiro atoms. The molecule has 0 aliphatic heterocycles. The summed E-state index contributed by atoms with van der Waals surface area (Å²) in [7, 11) is 0. The van der Waals surface area contributed by atoms with Crippen LogP contribution in [0, 0.1) is 0 Å². The highest BCUT2D eigenvalue weighted by molar-refractivity contribution is 6.10. The predicted molar refractivity (Wildman–Crippen MR) is 261 cm³/mol. The normalized spacial score (nSPS) is 17.0. The van der Waals surface area contributed by atoms with Gasteiger partial charge in [0.05, 0.1) is 16.6 Å². The summed E-state index contributed by atoms with van der Waals surface area (Å²) in [5.74, 6) is 3.46. The highest BCUT2D eigenvalue weighted by Gasteiger charge is 2.37. The molecule has 0 bridgehead atoms. The van der Waals surface area contributed by atoms with E-state index < -0.39 is 0 Å². The Bertz CT molecular complexity index is 2870. The molecular formula is C58H55N5. The summed E-state index contributed by atoms with van der Waals surface area (Å²) in [4.78, 5) is 21.5. The molecule has 312 valence electrons. The van der Waals surface area contributed by atoms with E-state index in [-0.39, 0.29) is 16.7 Å². The van der Waals surface area contributed by atoms with Crippen LogP contribution >= 0.6 is 0 Å². The topological polar surface area (TPSA) is 56.5 Å². The van der Waals surface area contributed by atoms with Gasteiger partial charge in [0.25, 0.3) is 0 Å². The first kappa shape index (κ1) is 40.4. The molecule has 3 heterocycles. The molecular weight excluding hydrogens is 767 g/mol. The van der Waals surface area contributed by atoms with Crippen LogP contribution in [0.1, 0.15) is 106 Å². The second-order valence-electron chi connectivity index (χ2n) is 19.5. The lowest BCUT2D eigenvalue weighted by Gasteiger charge is -2.39. The van der Waals surface area contributed by atoms with Gasteiger partial charge < -0.3 is 0 Å². The highest BCUT2D eigenvalue weighted by Crippen LogP contribution is 2.52. The summed E-state index contributed by atoms with van der Waals surface area (Å²) >= 11 is 0. The molecule has 0 radical (unpaired) electrons. The van der Waals surface area contributed by atoms with Crippen molar-refractivity contribution >= 4 is 21.8 Å². The zero-order valence-electron chi connectivity index (χ0n) is 37.3. The van der Waals surface area contributed by atoms with E-state index in [4.69, 9.17) is 19.9 Å². The number of hydrogen-bond acceptors (Lipinski definition) is 4. The van der Waals surface area contributed by atoms with Crippen LogP contribution in [-0.2, 0) is 10.8 Å². The molecule has 5 heteroatoms. The molecule has 5 nitrogen and oxygen atoms in total. The van der Waals surface area contributed by atoms with Gasteiger partial charge in [0.1, 0.15) is 5.82 Å². The molecule has 1 saturated carbocycles. The molecule has 0 amide bonds. The van der Waals surface area contributed by atoms with E-state index >= 15 is 0 Å². The molecule has 10 rings (SSSR count). The minimum Gasteiger partial charge on any atom is -0.293 e. The Balaban J connectivity index is 1.29. The third kappa shape index (κ3) is 7.75. The van der Waals surface area contributed by atoms with Crippen molar-refractivity contribution in [2.75, 3.05) is 0 Å². The summed E-state index contributed by atoms with van der Waals surface area (Å²) < 4.78 is 2.36. The van der Waals surface area contributed by atoms with E-state index in [1.165, 1.54) is 38.6 Å². The van der Waals surface area contributed by atoms with Gasteiger partial charge in [0.2, 0.25) is 0 Å². The van der Waals surface area contributed by atoms with Crippen molar-refractivity contribution in [3.63, 3.8) is 0 Å². The number of pyridine rings is 1. The summed E-state index contributed by atoms with van der Waals surface area (Å²) in [5, 5.41) is 2.43. The minimum atomic E-state index is -0.0214. The van der Waals surface area contributed by atoms with Gasteiger partial charge in [0, 0.05) is 28.1 Å². The van der Waals surface area contributed by atoms with Crippen LogP contribution in [0.25, 0.3) is 61.8 Å². The molecule has 2 unspecified atom stereocenters. The van der Waals surface area contributed by atoms with Crippen molar-refractivity contribution in [3.8, 4) is 40.0 Å². The average molecular weight is 822 g/mol. The molecule has 1 fully saturated rings. The van der Waals surface area contributed by atoms with Gasteiger partial charge >= 0.3 is 0 Å². The van der Waals surface area contributed by atoms with Crippen molar-refractivity contribution < 1.29 is 0 Å². The van der Waals surface area contributed by atoms with Crippen molar-refractivity contribution in [2.24, 2.45) is 0 Å². The highest BCUT2D eigenvalue weighted by atomic mass is 15.1. The fraction of sp³-hybridized carbons (Fsp3) is 0.241. The van der Waals surface area contributed by atoms with Crippen LogP contribution in [0.4, 0.5) is 0 Å². The smallest absolute Gasteiger partial charge is 0.167 e. The molecule has 2 atom stereocenters. The van der Waals surface area contributed by atoms with Crippen molar-refractivity contribution in [2.45, 2.75) is 89.4 Å². The molecule has 1 aliphatic carbocycles. The Morgan fingerprint density at radius 1 is 0.460 bits per heavy atom. The molecule has 9 aromatic rings. The van der Waals surface area contributed by atoms with E-state index in [1.54, 1.807) is 0 Å². The first-order valence-corrected chi connectivity index (χ1v) is 22.6. The standard InChI is InChI=1S/C58H55N5/c1-57(2,3)43-30-32-50-47(35-43)48-36-44(58(4,5)6)31-33-51(48)63(50)56-49(55-61-53(40-24-15-9-16-25-40)60-54(62-55)41-26-17-10-18-27-41)34-42(37-59-56)52-45(38-20-11-7-12-21-38)28-19-29-46(52)39-22-13-8-14-23-39/h7-18,20-27,30-37,45-46,52H,19,28-29H2,1-6H3. The molecule has 1 aliphatic rings. The van der Waals surface area contributed by atoms with Gasteiger partial charge in [-0.2, -0.15) is 0 Å². The monoisotopic (exact) mass is 821 g/mol. The SMILES string of the molecule is CC(C)(C)c1ccc2c(c1)c1cc(C(C)(C)C)ccc1n2-c1ncc(C2C(c3ccccc3)CCCC2c2ccccc2)cc1-c1nc(-c2ccccc2)nc(-c2ccccc2)n1. The maximum absolute atomic E-state index is 5.64. The van der Waals surface area contributed by atoms with Crippen LogP contribution in [0.3, 0.4) is 0 Å². The number of nitrogens with zero attached hydrogens (tertiary/aromatic N) is 5.